The molecule has 4 rings (SSSR count). The lowest BCUT2D eigenvalue weighted by atomic mass is 10.1. The van der Waals surface area contributed by atoms with Crippen molar-refractivity contribution in [3.05, 3.63) is 96.9 Å². The molecule has 1 aliphatic rings. The highest BCUT2D eigenvalue weighted by molar-refractivity contribution is 14.1. The van der Waals surface area contributed by atoms with E-state index in [-0.39, 0.29) is 17.8 Å². The van der Waals surface area contributed by atoms with Crippen LogP contribution in [0.1, 0.15) is 16.7 Å². The van der Waals surface area contributed by atoms with E-state index in [1.165, 1.54) is 0 Å². The molecule has 5 nitrogen and oxygen atoms in total. The summed E-state index contributed by atoms with van der Waals surface area (Å²) in [6, 6.07) is 21.5. The van der Waals surface area contributed by atoms with Gasteiger partial charge in [-0.25, -0.2) is 4.90 Å². The van der Waals surface area contributed by atoms with E-state index < -0.39 is 0 Å². The molecule has 1 heterocycles. The van der Waals surface area contributed by atoms with Gasteiger partial charge in [0.15, 0.2) is 0 Å². The number of ether oxygens (including phenoxy) is 1. The number of imide groups is 1. The molecule has 0 bridgehead atoms. The Morgan fingerprint density at radius 1 is 1.09 bits per heavy atom. The van der Waals surface area contributed by atoms with Crippen molar-refractivity contribution in [1.82, 2.24) is 0 Å². The summed E-state index contributed by atoms with van der Waals surface area (Å²) in [4.78, 5) is 26.7. The maximum Gasteiger partial charge on any atom is 0.298 e. The number of nitrogens with zero attached hydrogens (tertiary/aromatic N) is 2. The Bertz CT molecular complexity index is 1290. The zero-order valence-corrected chi connectivity index (χ0v) is 20.1. The molecule has 0 atom stereocenters. The van der Waals surface area contributed by atoms with E-state index in [0.29, 0.717) is 26.9 Å². The van der Waals surface area contributed by atoms with Gasteiger partial charge in [-0.1, -0.05) is 35.9 Å². The van der Waals surface area contributed by atoms with Gasteiger partial charge in [-0.3, -0.25) is 9.59 Å². The van der Waals surface area contributed by atoms with Crippen LogP contribution >= 0.6 is 46.0 Å². The zero-order valence-electron chi connectivity index (χ0n) is 16.4. The second kappa shape index (κ2) is 9.77. The maximum absolute atomic E-state index is 12.8. The van der Waals surface area contributed by atoms with Crippen LogP contribution in [0.5, 0.6) is 5.75 Å². The summed E-state index contributed by atoms with van der Waals surface area (Å²) in [5.41, 5.74) is 2.65. The number of amides is 2. The van der Waals surface area contributed by atoms with E-state index in [0.717, 1.165) is 31.4 Å². The van der Waals surface area contributed by atoms with Crippen LogP contribution in [0.25, 0.3) is 6.08 Å². The first-order valence-electron chi connectivity index (χ1n) is 9.40. The van der Waals surface area contributed by atoms with Crippen LogP contribution in [-0.4, -0.2) is 11.1 Å². The van der Waals surface area contributed by atoms with Crippen LogP contribution in [0, 0.1) is 14.9 Å². The fraction of sp³-hybridized carbons (Fsp3) is 0.0417. The summed E-state index contributed by atoms with van der Waals surface area (Å²) >= 11 is 8.95. The molecule has 0 aromatic heterocycles. The van der Waals surface area contributed by atoms with Crippen LogP contribution in [0.3, 0.4) is 0 Å². The number of hydrogen-bond donors (Lipinski definition) is 0. The van der Waals surface area contributed by atoms with Gasteiger partial charge >= 0.3 is 0 Å². The summed E-state index contributed by atoms with van der Waals surface area (Å²) in [5.74, 6) is 0.301. The summed E-state index contributed by atoms with van der Waals surface area (Å²) < 4.78 is 6.74. The zero-order chi connectivity index (χ0) is 22.7. The molecule has 0 aliphatic carbocycles. The van der Waals surface area contributed by atoms with Crippen molar-refractivity contribution in [3.63, 3.8) is 0 Å². The molecule has 8 heteroatoms. The van der Waals surface area contributed by atoms with Gasteiger partial charge in [-0.05, 0) is 88.5 Å². The minimum absolute atomic E-state index is 0.277. The van der Waals surface area contributed by atoms with Crippen molar-refractivity contribution in [3.8, 4) is 11.8 Å². The lowest BCUT2D eigenvalue weighted by molar-refractivity contribution is -0.113. The standard InChI is InChI=1S/C24H14ClIN2O3S/c25-18-6-8-19(9-7-18)28-23(29)22(32-24(28)30)12-15-5-10-21(20(26)11-15)31-14-17-4-2-1-3-16(17)13-27/h1-12H,14H2/b22-12+. The highest BCUT2D eigenvalue weighted by Crippen LogP contribution is 2.36. The largest absolute Gasteiger partial charge is 0.488 e. The van der Waals surface area contributed by atoms with E-state index >= 15 is 0 Å². The molecule has 1 saturated heterocycles. The number of thioether (sulfide) groups is 1. The summed E-state index contributed by atoms with van der Waals surface area (Å²) in [6.45, 7) is 0.277. The number of hydrogen-bond acceptors (Lipinski definition) is 5. The van der Waals surface area contributed by atoms with Crippen molar-refractivity contribution < 1.29 is 14.3 Å². The quantitative estimate of drug-likeness (QED) is 0.253. The predicted octanol–water partition coefficient (Wildman–Crippen LogP) is 6.64. The van der Waals surface area contributed by atoms with Crippen LogP contribution in [0.4, 0.5) is 10.5 Å². The smallest absolute Gasteiger partial charge is 0.298 e. The van der Waals surface area contributed by atoms with Crippen molar-refractivity contribution >= 4 is 68.9 Å². The van der Waals surface area contributed by atoms with E-state index in [2.05, 4.69) is 28.7 Å². The normalized spacial score (nSPS) is 14.7. The Labute approximate surface area is 207 Å². The number of carbonyl (C=O) groups is 2. The average molecular weight is 573 g/mol. The van der Waals surface area contributed by atoms with Crippen molar-refractivity contribution in [2.24, 2.45) is 0 Å². The number of benzene rings is 3. The van der Waals surface area contributed by atoms with E-state index in [4.69, 9.17) is 16.3 Å². The minimum Gasteiger partial charge on any atom is -0.488 e. The lowest BCUT2D eigenvalue weighted by Gasteiger charge is -2.12. The fourth-order valence-electron chi connectivity index (χ4n) is 3.07. The van der Waals surface area contributed by atoms with Gasteiger partial charge in [0.25, 0.3) is 11.1 Å². The van der Waals surface area contributed by atoms with Gasteiger partial charge in [0.2, 0.25) is 0 Å². The molecule has 2 amide bonds. The molecule has 0 radical (unpaired) electrons. The Balaban J connectivity index is 1.50. The third-order valence-corrected chi connectivity index (χ3v) is 6.62. The highest BCUT2D eigenvalue weighted by atomic mass is 127. The molecule has 158 valence electrons. The number of halogens is 2. The van der Waals surface area contributed by atoms with Gasteiger partial charge in [0.05, 0.1) is 25.8 Å². The molecule has 0 spiro atoms. The monoisotopic (exact) mass is 572 g/mol. The van der Waals surface area contributed by atoms with E-state index in [1.54, 1.807) is 36.4 Å². The number of anilines is 1. The number of nitriles is 1. The molecule has 0 N–H and O–H groups in total. The summed E-state index contributed by atoms with van der Waals surface area (Å²) in [6.07, 6.45) is 1.69. The first-order valence-corrected chi connectivity index (χ1v) is 11.7. The SMILES string of the molecule is N#Cc1ccccc1COc1ccc(/C=C2/SC(=O)N(c3ccc(Cl)cc3)C2=O)cc1I. The van der Waals surface area contributed by atoms with Crippen LogP contribution in [0.2, 0.25) is 5.02 Å². The molecule has 3 aromatic carbocycles. The Kier molecular flexibility index (Phi) is 6.84. The first kappa shape index (κ1) is 22.4. The highest BCUT2D eigenvalue weighted by Gasteiger charge is 2.36. The predicted molar refractivity (Wildman–Crippen MR) is 135 cm³/mol. The minimum atomic E-state index is -0.370. The van der Waals surface area contributed by atoms with Crippen LogP contribution in [-0.2, 0) is 11.4 Å². The fourth-order valence-corrected chi connectivity index (χ4v) is 4.73. The third kappa shape index (κ3) is 4.83. The molecule has 1 fully saturated rings. The molecule has 0 unspecified atom stereocenters. The van der Waals surface area contributed by atoms with Crippen LogP contribution < -0.4 is 9.64 Å². The second-order valence-electron chi connectivity index (χ2n) is 6.74. The van der Waals surface area contributed by atoms with Crippen molar-refractivity contribution in [2.45, 2.75) is 6.61 Å². The van der Waals surface area contributed by atoms with Crippen LogP contribution in [0.15, 0.2) is 71.6 Å². The topological polar surface area (TPSA) is 70.4 Å². The van der Waals surface area contributed by atoms with Gasteiger partial charge < -0.3 is 4.74 Å². The first-order chi connectivity index (χ1) is 15.5. The third-order valence-electron chi connectivity index (χ3n) is 4.65. The van der Waals surface area contributed by atoms with Crippen molar-refractivity contribution in [2.75, 3.05) is 4.90 Å². The number of carbonyl (C=O) groups excluding carboxylic acids is 2. The average Bonchev–Trinajstić information content (AvgIpc) is 3.07. The number of rotatable bonds is 5. The Morgan fingerprint density at radius 2 is 1.84 bits per heavy atom. The second-order valence-corrected chi connectivity index (χ2v) is 9.33. The lowest BCUT2D eigenvalue weighted by Crippen LogP contribution is -2.27. The van der Waals surface area contributed by atoms with Gasteiger partial charge in [0, 0.05) is 10.6 Å². The summed E-state index contributed by atoms with van der Waals surface area (Å²) in [5, 5.41) is 9.39. The van der Waals surface area contributed by atoms with E-state index in [9.17, 15) is 14.9 Å². The van der Waals surface area contributed by atoms with Gasteiger partial charge in [0.1, 0.15) is 12.4 Å². The maximum atomic E-state index is 12.8. The van der Waals surface area contributed by atoms with E-state index in [1.807, 2.05) is 36.4 Å². The van der Waals surface area contributed by atoms with Crippen molar-refractivity contribution in [1.29, 1.82) is 5.26 Å². The van der Waals surface area contributed by atoms with Gasteiger partial charge in [-0.15, -0.1) is 0 Å². The Hall–Kier alpha value is -2.80. The Morgan fingerprint density at radius 3 is 2.56 bits per heavy atom. The molecule has 3 aromatic rings. The molecule has 1 aliphatic heterocycles. The molecule has 32 heavy (non-hydrogen) atoms. The molecule has 0 saturated carbocycles. The van der Waals surface area contributed by atoms with Gasteiger partial charge in [-0.2, -0.15) is 5.26 Å². The summed E-state index contributed by atoms with van der Waals surface area (Å²) in [7, 11) is 0. The molecular weight excluding hydrogens is 559 g/mol. The molecular formula is C24H14ClIN2O3S.